The number of benzene rings is 1. The van der Waals surface area contributed by atoms with Crippen LogP contribution in [0.25, 0.3) is 0 Å². The third-order valence-electron chi connectivity index (χ3n) is 7.52. The molecule has 0 radical (unpaired) electrons. The SMILES string of the molecule is CCC(C)CC(=O)OC(C)CC(c1ccc(OC(=O)C(C)(C)CC)c(OC(=O)C(C)(C)CC)c1)[C@H](N)C(=O)O. The Kier molecular flexibility index (Phi) is 12.6. The minimum atomic E-state index is -1.33. The third-order valence-corrected chi connectivity index (χ3v) is 7.52. The number of hydrogen-bond acceptors (Lipinski definition) is 8. The van der Waals surface area contributed by atoms with Crippen LogP contribution in [0.3, 0.4) is 0 Å². The maximum absolute atomic E-state index is 13.0. The zero-order valence-electron chi connectivity index (χ0n) is 25.0. The Morgan fingerprint density at radius 3 is 1.87 bits per heavy atom. The van der Waals surface area contributed by atoms with Gasteiger partial charge in [-0.2, -0.15) is 0 Å². The van der Waals surface area contributed by atoms with E-state index >= 15 is 0 Å². The van der Waals surface area contributed by atoms with Gasteiger partial charge in [0.05, 0.1) is 16.9 Å². The van der Waals surface area contributed by atoms with Crippen molar-refractivity contribution >= 4 is 23.9 Å². The van der Waals surface area contributed by atoms with Crippen LogP contribution < -0.4 is 15.2 Å². The maximum atomic E-state index is 13.0. The highest BCUT2D eigenvalue weighted by molar-refractivity contribution is 5.82. The molecule has 1 aromatic carbocycles. The Balaban J connectivity index is 3.46. The molecule has 0 aliphatic heterocycles. The van der Waals surface area contributed by atoms with Gasteiger partial charge in [0.2, 0.25) is 0 Å². The van der Waals surface area contributed by atoms with Gasteiger partial charge >= 0.3 is 23.9 Å². The van der Waals surface area contributed by atoms with E-state index in [1.807, 2.05) is 27.7 Å². The van der Waals surface area contributed by atoms with Crippen LogP contribution in [0.4, 0.5) is 0 Å². The van der Waals surface area contributed by atoms with Crippen LogP contribution in [0, 0.1) is 16.7 Å². The third kappa shape index (κ3) is 9.95. The molecule has 4 atom stereocenters. The molecule has 0 aromatic heterocycles. The van der Waals surface area contributed by atoms with Crippen molar-refractivity contribution in [2.75, 3.05) is 0 Å². The van der Waals surface area contributed by atoms with Crippen molar-refractivity contribution < 1.29 is 38.5 Å². The minimum absolute atomic E-state index is 0.0108. The first-order valence-corrected chi connectivity index (χ1v) is 13.7. The Morgan fingerprint density at radius 2 is 1.41 bits per heavy atom. The molecule has 0 fully saturated rings. The van der Waals surface area contributed by atoms with Crippen molar-refractivity contribution in [2.24, 2.45) is 22.5 Å². The van der Waals surface area contributed by atoms with Gasteiger partial charge in [0.25, 0.3) is 0 Å². The molecule has 3 unspecified atom stereocenters. The standard InChI is InChI=1S/C30H47NO8/c1-10-18(4)15-24(32)37-19(5)16-21(25(31)26(33)34)20-13-14-22(38-27(35)29(6,7)11-2)23(17-20)39-28(36)30(8,9)12-3/h13-14,17-19,21,25H,10-12,15-16,31H2,1-9H3,(H,33,34)/t18?,19?,21?,25-/m0/s1. The quantitative estimate of drug-likeness (QED) is 0.210. The highest BCUT2D eigenvalue weighted by Gasteiger charge is 2.34. The highest BCUT2D eigenvalue weighted by atomic mass is 16.6. The summed E-state index contributed by atoms with van der Waals surface area (Å²) in [5.74, 6) is -3.21. The zero-order chi connectivity index (χ0) is 30.1. The number of carboxylic acids is 1. The number of rotatable bonds is 15. The molecule has 0 amide bonds. The number of nitrogens with two attached hydrogens (primary N) is 1. The summed E-state index contributed by atoms with van der Waals surface area (Å²) in [7, 11) is 0. The lowest BCUT2D eigenvalue weighted by atomic mass is 9.86. The van der Waals surface area contributed by atoms with E-state index in [9.17, 15) is 24.3 Å². The van der Waals surface area contributed by atoms with Gasteiger partial charge in [-0.3, -0.25) is 19.2 Å². The first kappa shape index (κ1) is 34.1. The molecule has 0 aliphatic carbocycles. The summed E-state index contributed by atoms with van der Waals surface area (Å²) < 4.78 is 16.9. The first-order valence-electron chi connectivity index (χ1n) is 13.7. The Hall–Kier alpha value is -2.94. The van der Waals surface area contributed by atoms with Crippen LogP contribution in [0.2, 0.25) is 0 Å². The number of carbonyl (C=O) groups excluding carboxylic acids is 3. The number of carbonyl (C=O) groups is 4. The average molecular weight is 550 g/mol. The van der Waals surface area contributed by atoms with Gasteiger partial charge in [0.15, 0.2) is 11.5 Å². The van der Waals surface area contributed by atoms with Gasteiger partial charge in [0.1, 0.15) is 6.04 Å². The van der Waals surface area contributed by atoms with E-state index in [1.165, 1.54) is 12.1 Å². The minimum Gasteiger partial charge on any atom is -0.480 e. The molecule has 0 bridgehead atoms. The van der Waals surface area contributed by atoms with E-state index in [1.54, 1.807) is 40.7 Å². The molecule has 220 valence electrons. The molecule has 3 N–H and O–H groups in total. The average Bonchev–Trinajstić information content (AvgIpc) is 2.87. The van der Waals surface area contributed by atoms with Gasteiger partial charge in [-0.05, 0) is 77.5 Å². The normalized spacial score (nSPS) is 15.0. The predicted octanol–water partition coefficient (Wildman–Crippen LogP) is 5.62. The summed E-state index contributed by atoms with van der Waals surface area (Å²) in [6.07, 6.45) is 1.64. The Bertz CT molecular complexity index is 1020. The lowest BCUT2D eigenvalue weighted by Crippen LogP contribution is -2.38. The van der Waals surface area contributed by atoms with Crippen LogP contribution in [0.5, 0.6) is 11.5 Å². The number of carboxylic acid groups (broad SMARTS) is 1. The Labute approximate surface area is 232 Å². The van der Waals surface area contributed by atoms with Crippen molar-refractivity contribution in [2.45, 2.75) is 112 Å². The fraction of sp³-hybridized carbons (Fsp3) is 0.667. The number of aliphatic carboxylic acids is 1. The lowest BCUT2D eigenvalue weighted by molar-refractivity contribution is -0.150. The molecule has 0 aliphatic rings. The summed E-state index contributed by atoms with van der Waals surface area (Å²) in [5, 5.41) is 9.72. The van der Waals surface area contributed by atoms with Gasteiger partial charge < -0.3 is 25.1 Å². The monoisotopic (exact) mass is 549 g/mol. The van der Waals surface area contributed by atoms with Crippen LogP contribution in [-0.2, 0) is 23.9 Å². The predicted molar refractivity (Wildman–Crippen MR) is 148 cm³/mol. The molecule has 1 rings (SSSR count). The van der Waals surface area contributed by atoms with E-state index < -0.39 is 46.8 Å². The molecular weight excluding hydrogens is 502 g/mol. The number of hydrogen-bond donors (Lipinski definition) is 2. The molecule has 9 heteroatoms. The zero-order valence-corrected chi connectivity index (χ0v) is 25.0. The highest BCUT2D eigenvalue weighted by Crippen LogP contribution is 2.37. The second-order valence-electron chi connectivity index (χ2n) is 11.7. The smallest absolute Gasteiger partial charge is 0.321 e. The summed E-state index contributed by atoms with van der Waals surface area (Å²) in [6.45, 7) is 16.3. The Morgan fingerprint density at radius 1 is 0.897 bits per heavy atom. The van der Waals surface area contributed by atoms with Gasteiger partial charge in [-0.1, -0.05) is 40.2 Å². The van der Waals surface area contributed by atoms with Crippen LogP contribution in [0.1, 0.15) is 106 Å². The molecule has 9 nitrogen and oxygen atoms in total. The molecule has 0 saturated carbocycles. The van der Waals surface area contributed by atoms with Gasteiger partial charge in [0, 0.05) is 12.3 Å². The van der Waals surface area contributed by atoms with E-state index in [-0.39, 0.29) is 36.2 Å². The fourth-order valence-electron chi connectivity index (χ4n) is 3.45. The second-order valence-corrected chi connectivity index (χ2v) is 11.7. The summed E-state index contributed by atoms with van der Waals surface area (Å²) in [4.78, 5) is 50.0. The maximum Gasteiger partial charge on any atom is 0.321 e. The summed E-state index contributed by atoms with van der Waals surface area (Å²) in [6, 6.07) is 3.21. The van der Waals surface area contributed by atoms with E-state index in [4.69, 9.17) is 19.9 Å². The topological polar surface area (TPSA) is 142 Å². The van der Waals surface area contributed by atoms with E-state index in [0.717, 1.165) is 6.42 Å². The number of ether oxygens (including phenoxy) is 3. The van der Waals surface area contributed by atoms with Crippen LogP contribution >= 0.6 is 0 Å². The van der Waals surface area contributed by atoms with E-state index in [2.05, 4.69) is 0 Å². The lowest BCUT2D eigenvalue weighted by Gasteiger charge is -2.27. The molecule has 1 aromatic rings. The van der Waals surface area contributed by atoms with Crippen molar-refractivity contribution in [3.8, 4) is 11.5 Å². The van der Waals surface area contributed by atoms with Gasteiger partial charge in [-0.25, -0.2) is 0 Å². The van der Waals surface area contributed by atoms with Gasteiger partial charge in [-0.15, -0.1) is 0 Å². The molecule has 39 heavy (non-hydrogen) atoms. The molecular formula is C30H47NO8. The van der Waals surface area contributed by atoms with Crippen molar-refractivity contribution in [3.05, 3.63) is 23.8 Å². The summed E-state index contributed by atoms with van der Waals surface area (Å²) >= 11 is 0. The number of esters is 3. The molecule has 0 spiro atoms. The second kappa shape index (κ2) is 14.4. The molecule has 0 heterocycles. The molecule has 0 saturated heterocycles. The largest absolute Gasteiger partial charge is 0.480 e. The van der Waals surface area contributed by atoms with Crippen LogP contribution in [-0.4, -0.2) is 41.1 Å². The van der Waals surface area contributed by atoms with Crippen molar-refractivity contribution in [1.29, 1.82) is 0 Å². The van der Waals surface area contributed by atoms with E-state index in [0.29, 0.717) is 18.4 Å². The summed E-state index contributed by atoms with van der Waals surface area (Å²) in [5.41, 5.74) is 4.94. The van der Waals surface area contributed by atoms with Crippen molar-refractivity contribution in [1.82, 2.24) is 0 Å². The fourth-order valence-corrected chi connectivity index (χ4v) is 3.45. The first-order chi connectivity index (χ1) is 18.0. The van der Waals surface area contributed by atoms with Crippen LogP contribution in [0.15, 0.2) is 18.2 Å². The van der Waals surface area contributed by atoms with Crippen molar-refractivity contribution in [3.63, 3.8) is 0 Å².